The van der Waals surface area contributed by atoms with Crippen LogP contribution in [0.1, 0.15) is 18.2 Å². The fraction of sp³-hybridized carbons (Fsp3) is 0.583. The molecule has 0 saturated carbocycles. The molecule has 1 aromatic heterocycles. The molecular weight excluding hydrogens is 256 g/mol. The van der Waals surface area contributed by atoms with Crippen molar-refractivity contribution in [3.63, 3.8) is 0 Å². The number of nitrogens with one attached hydrogen (secondary N) is 1. The minimum absolute atomic E-state index is 0.253. The average molecular weight is 273 g/mol. The maximum atomic E-state index is 12.1. The Morgan fingerprint density at radius 1 is 1.59 bits per heavy atom. The van der Waals surface area contributed by atoms with E-state index in [1.807, 2.05) is 24.0 Å². The maximum absolute atomic E-state index is 12.1. The van der Waals surface area contributed by atoms with Gasteiger partial charge in [-0.1, -0.05) is 11.6 Å². The highest BCUT2D eigenvalue weighted by Crippen LogP contribution is 2.23. The van der Waals surface area contributed by atoms with Crippen molar-refractivity contribution in [2.45, 2.75) is 19.9 Å². The van der Waals surface area contributed by atoms with Crippen LogP contribution in [0.3, 0.4) is 0 Å². The second kappa shape index (κ2) is 5.85. The summed E-state index contributed by atoms with van der Waals surface area (Å²) in [4.78, 5) is 15.1. The number of carbonyl (C=O) groups is 1. The van der Waals surface area contributed by atoms with Crippen LogP contribution in [0.15, 0.2) is 12.1 Å². The molecule has 1 amide bonds. The van der Waals surface area contributed by atoms with E-state index in [2.05, 4.69) is 5.32 Å². The lowest BCUT2D eigenvalue weighted by Crippen LogP contribution is -2.45. The van der Waals surface area contributed by atoms with Gasteiger partial charge in [-0.2, -0.15) is 0 Å². The van der Waals surface area contributed by atoms with Gasteiger partial charge in [0.15, 0.2) is 0 Å². The molecule has 1 saturated heterocycles. The second-order valence-corrected chi connectivity index (χ2v) is 6.14. The predicted molar refractivity (Wildman–Crippen MR) is 71.4 cm³/mol. The van der Waals surface area contributed by atoms with E-state index in [1.54, 1.807) is 11.3 Å². The summed E-state index contributed by atoms with van der Waals surface area (Å²) in [7, 11) is 0. The molecule has 1 N–H and O–H groups in total. The molecule has 94 valence electrons. The van der Waals surface area contributed by atoms with Crippen molar-refractivity contribution in [1.82, 2.24) is 10.2 Å². The van der Waals surface area contributed by atoms with Gasteiger partial charge in [0.05, 0.1) is 10.9 Å². The van der Waals surface area contributed by atoms with Crippen molar-refractivity contribution in [3.8, 4) is 0 Å². The minimum atomic E-state index is 0.253. The van der Waals surface area contributed by atoms with Gasteiger partial charge in [0.2, 0.25) is 5.91 Å². The molecule has 3 nitrogen and oxygen atoms in total. The van der Waals surface area contributed by atoms with E-state index in [-0.39, 0.29) is 5.91 Å². The van der Waals surface area contributed by atoms with E-state index in [0.29, 0.717) is 18.9 Å². The van der Waals surface area contributed by atoms with Gasteiger partial charge in [0.25, 0.3) is 0 Å². The van der Waals surface area contributed by atoms with Gasteiger partial charge < -0.3 is 10.2 Å². The highest BCUT2D eigenvalue weighted by molar-refractivity contribution is 7.16. The zero-order chi connectivity index (χ0) is 12.3. The Bertz CT molecular complexity index is 390. The highest BCUT2D eigenvalue weighted by atomic mass is 35.5. The van der Waals surface area contributed by atoms with Crippen LogP contribution in [-0.4, -0.2) is 30.4 Å². The Balaban J connectivity index is 1.88. The summed E-state index contributed by atoms with van der Waals surface area (Å²) in [6.45, 7) is 5.43. The summed E-state index contributed by atoms with van der Waals surface area (Å²) < 4.78 is 0.784. The Morgan fingerprint density at radius 3 is 2.82 bits per heavy atom. The van der Waals surface area contributed by atoms with E-state index in [4.69, 9.17) is 11.6 Å². The van der Waals surface area contributed by atoms with Gasteiger partial charge in [-0.15, -0.1) is 11.3 Å². The smallest absolute Gasteiger partial charge is 0.223 e. The molecular formula is C12H17ClN2OS. The van der Waals surface area contributed by atoms with E-state index in [9.17, 15) is 4.79 Å². The Kier molecular flexibility index (Phi) is 4.42. The first-order chi connectivity index (χ1) is 8.19. The van der Waals surface area contributed by atoms with E-state index in [0.717, 1.165) is 28.8 Å². The summed E-state index contributed by atoms with van der Waals surface area (Å²) in [6, 6.07) is 3.88. The number of hydrogen-bond acceptors (Lipinski definition) is 3. The molecule has 1 aliphatic rings. The monoisotopic (exact) mass is 272 g/mol. The summed E-state index contributed by atoms with van der Waals surface area (Å²) in [5, 5.41) is 3.19. The zero-order valence-electron chi connectivity index (χ0n) is 9.91. The summed E-state index contributed by atoms with van der Waals surface area (Å²) in [6.07, 6.45) is 0.667. The van der Waals surface area contributed by atoms with Crippen molar-refractivity contribution in [2.75, 3.05) is 19.6 Å². The average Bonchev–Trinajstić information content (AvgIpc) is 2.65. The van der Waals surface area contributed by atoms with Crippen molar-refractivity contribution in [2.24, 2.45) is 5.92 Å². The lowest BCUT2D eigenvalue weighted by Gasteiger charge is -2.29. The molecule has 0 unspecified atom stereocenters. The molecule has 2 heterocycles. The third kappa shape index (κ3) is 3.44. The third-order valence-electron chi connectivity index (χ3n) is 3.04. The molecule has 1 aromatic rings. The lowest BCUT2D eigenvalue weighted by molar-refractivity contribution is -0.132. The molecule has 0 bridgehead atoms. The van der Waals surface area contributed by atoms with Crippen molar-refractivity contribution < 1.29 is 4.79 Å². The molecule has 0 radical (unpaired) electrons. The first-order valence-corrected chi connectivity index (χ1v) is 7.11. The SMILES string of the molecule is CCN(Cc1ccc(Cl)s1)C(=O)CC1CNC1. The van der Waals surface area contributed by atoms with E-state index >= 15 is 0 Å². The molecule has 2 rings (SSSR count). The first kappa shape index (κ1) is 12.9. The highest BCUT2D eigenvalue weighted by Gasteiger charge is 2.23. The number of nitrogens with zero attached hydrogens (tertiary/aromatic N) is 1. The second-order valence-electron chi connectivity index (χ2n) is 4.34. The predicted octanol–water partition coefficient (Wildman–Crippen LogP) is 2.36. The first-order valence-electron chi connectivity index (χ1n) is 5.91. The van der Waals surface area contributed by atoms with Gasteiger partial charge in [-0.3, -0.25) is 4.79 Å². The molecule has 1 aliphatic heterocycles. The quantitative estimate of drug-likeness (QED) is 0.893. The number of rotatable bonds is 5. The Labute approximate surface area is 111 Å². The molecule has 0 spiro atoms. The van der Waals surface area contributed by atoms with Crippen LogP contribution >= 0.6 is 22.9 Å². The molecule has 0 atom stereocenters. The number of hydrogen-bond donors (Lipinski definition) is 1. The molecule has 17 heavy (non-hydrogen) atoms. The van der Waals surface area contributed by atoms with Crippen molar-refractivity contribution in [3.05, 3.63) is 21.3 Å². The molecule has 5 heteroatoms. The van der Waals surface area contributed by atoms with Crippen LogP contribution in [-0.2, 0) is 11.3 Å². The molecule has 0 aromatic carbocycles. The third-order valence-corrected chi connectivity index (χ3v) is 4.26. The van der Waals surface area contributed by atoms with Crippen molar-refractivity contribution >= 4 is 28.8 Å². The van der Waals surface area contributed by atoms with Gasteiger partial charge in [0, 0.05) is 17.8 Å². The largest absolute Gasteiger partial charge is 0.338 e. The van der Waals surface area contributed by atoms with E-state index < -0.39 is 0 Å². The summed E-state index contributed by atoms with van der Waals surface area (Å²) in [5.74, 6) is 0.784. The summed E-state index contributed by atoms with van der Waals surface area (Å²) in [5.41, 5.74) is 0. The Hall–Kier alpha value is -0.580. The van der Waals surface area contributed by atoms with Gasteiger partial charge in [-0.25, -0.2) is 0 Å². The fourth-order valence-corrected chi connectivity index (χ4v) is 2.97. The van der Waals surface area contributed by atoms with E-state index in [1.165, 1.54) is 0 Å². The maximum Gasteiger partial charge on any atom is 0.223 e. The minimum Gasteiger partial charge on any atom is -0.338 e. The number of carbonyl (C=O) groups excluding carboxylic acids is 1. The van der Waals surface area contributed by atoms with Gasteiger partial charge in [-0.05, 0) is 38.1 Å². The van der Waals surface area contributed by atoms with Gasteiger partial charge >= 0.3 is 0 Å². The number of halogens is 1. The van der Waals surface area contributed by atoms with Crippen LogP contribution in [0, 0.1) is 5.92 Å². The standard InChI is InChI=1S/C12H17ClN2OS/c1-2-15(8-10-3-4-11(13)17-10)12(16)5-9-6-14-7-9/h3-4,9,14H,2,5-8H2,1H3. The van der Waals surface area contributed by atoms with Crippen LogP contribution < -0.4 is 5.32 Å². The number of amides is 1. The van der Waals surface area contributed by atoms with Crippen LogP contribution in [0.2, 0.25) is 4.34 Å². The molecule has 0 aliphatic carbocycles. The van der Waals surface area contributed by atoms with Crippen LogP contribution in [0.5, 0.6) is 0 Å². The molecule has 1 fully saturated rings. The zero-order valence-corrected chi connectivity index (χ0v) is 11.5. The van der Waals surface area contributed by atoms with Gasteiger partial charge in [0.1, 0.15) is 0 Å². The fourth-order valence-electron chi connectivity index (χ4n) is 1.87. The normalized spacial score (nSPS) is 15.6. The lowest BCUT2D eigenvalue weighted by atomic mass is 9.99. The topological polar surface area (TPSA) is 32.3 Å². The summed E-state index contributed by atoms with van der Waals surface area (Å²) >= 11 is 7.44. The van der Waals surface area contributed by atoms with Crippen LogP contribution in [0.25, 0.3) is 0 Å². The van der Waals surface area contributed by atoms with Crippen LogP contribution in [0.4, 0.5) is 0 Å². The Morgan fingerprint density at radius 2 is 2.35 bits per heavy atom. The number of thiophene rings is 1. The van der Waals surface area contributed by atoms with Crippen molar-refractivity contribution in [1.29, 1.82) is 0 Å².